The molecule has 0 aliphatic carbocycles. The number of nitrogens with one attached hydrogen (secondary N) is 3. The Morgan fingerprint density at radius 2 is 1.86 bits per heavy atom. The summed E-state index contributed by atoms with van der Waals surface area (Å²) in [4.78, 5) is 47.3. The maximum Gasteiger partial charge on any atom is 0.255 e. The van der Waals surface area contributed by atoms with Gasteiger partial charge in [0.15, 0.2) is 11.5 Å². The summed E-state index contributed by atoms with van der Waals surface area (Å²) >= 11 is 0. The normalized spacial score (nSPS) is 18.5. The number of ether oxygens (including phenoxy) is 2. The SMILES string of the molecule is O=C1CCC(N2Cc3c(Nc4ccnc(Nc5ccc6c(c5)OCCO6)n4)cccc3C2=O)C(=O)N1. The summed E-state index contributed by atoms with van der Waals surface area (Å²) in [5, 5.41) is 8.76. The van der Waals surface area contributed by atoms with Crippen LogP contribution in [0.15, 0.2) is 48.7 Å². The number of aromatic nitrogens is 2. The Morgan fingerprint density at radius 3 is 2.72 bits per heavy atom. The Morgan fingerprint density at radius 1 is 1.00 bits per heavy atom. The molecule has 3 amide bonds. The van der Waals surface area contributed by atoms with Crippen LogP contribution < -0.4 is 25.4 Å². The number of benzene rings is 2. The second-order valence-corrected chi connectivity index (χ2v) is 8.61. The highest BCUT2D eigenvalue weighted by Crippen LogP contribution is 2.35. The van der Waals surface area contributed by atoms with Crippen molar-refractivity contribution in [3.05, 3.63) is 59.8 Å². The number of hydrogen-bond acceptors (Lipinski definition) is 9. The number of fused-ring (bicyclic) bond motifs is 2. The highest BCUT2D eigenvalue weighted by Gasteiger charge is 2.39. The van der Waals surface area contributed by atoms with Gasteiger partial charge in [0.05, 0.1) is 0 Å². The van der Waals surface area contributed by atoms with E-state index in [1.807, 2.05) is 24.3 Å². The van der Waals surface area contributed by atoms with Crippen LogP contribution in [-0.2, 0) is 16.1 Å². The third-order valence-corrected chi connectivity index (χ3v) is 6.30. The van der Waals surface area contributed by atoms with Crippen molar-refractivity contribution in [2.45, 2.75) is 25.4 Å². The van der Waals surface area contributed by atoms with E-state index in [4.69, 9.17) is 9.47 Å². The van der Waals surface area contributed by atoms with Crippen LogP contribution >= 0.6 is 0 Å². The van der Waals surface area contributed by atoms with Crippen LogP contribution in [0.3, 0.4) is 0 Å². The predicted octanol–water partition coefficient (Wildman–Crippen LogP) is 2.50. The molecule has 6 rings (SSSR count). The minimum Gasteiger partial charge on any atom is -0.486 e. The Bertz CT molecular complexity index is 1390. The summed E-state index contributed by atoms with van der Waals surface area (Å²) < 4.78 is 11.2. The number of imide groups is 1. The van der Waals surface area contributed by atoms with E-state index < -0.39 is 11.9 Å². The molecule has 11 heteroatoms. The lowest BCUT2D eigenvalue weighted by Crippen LogP contribution is -2.52. The van der Waals surface area contributed by atoms with Crippen LogP contribution in [0, 0.1) is 0 Å². The number of hydrogen-bond donors (Lipinski definition) is 3. The molecule has 4 heterocycles. The van der Waals surface area contributed by atoms with Gasteiger partial charge >= 0.3 is 0 Å². The van der Waals surface area contributed by atoms with Crippen LogP contribution in [0.2, 0.25) is 0 Å². The maximum atomic E-state index is 13.1. The van der Waals surface area contributed by atoms with Gasteiger partial charge in [0.1, 0.15) is 25.1 Å². The Kier molecular flexibility index (Phi) is 5.36. The third kappa shape index (κ3) is 4.04. The molecule has 0 bridgehead atoms. The van der Waals surface area contributed by atoms with E-state index in [-0.39, 0.29) is 24.8 Å². The second kappa shape index (κ2) is 8.84. The summed E-state index contributed by atoms with van der Waals surface area (Å²) in [5.41, 5.74) is 2.75. The molecule has 1 saturated heterocycles. The first-order valence-corrected chi connectivity index (χ1v) is 11.6. The van der Waals surface area contributed by atoms with Gasteiger partial charge in [0, 0.05) is 47.7 Å². The van der Waals surface area contributed by atoms with Gasteiger partial charge in [0.2, 0.25) is 17.8 Å². The lowest BCUT2D eigenvalue weighted by Gasteiger charge is -2.29. The second-order valence-electron chi connectivity index (χ2n) is 8.61. The van der Waals surface area contributed by atoms with Crippen molar-refractivity contribution in [2.75, 3.05) is 23.8 Å². The zero-order valence-electron chi connectivity index (χ0n) is 19.1. The van der Waals surface area contributed by atoms with Crippen molar-refractivity contribution >= 4 is 40.9 Å². The molecule has 2 aromatic carbocycles. The van der Waals surface area contributed by atoms with Crippen LogP contribution in [0.5, 0.6) is 11.5 Å². The smallest absolute Gasteiger partial charge is 0.255 e. The van der Waals surface area contributed by atoms with E-state index in [1.54, 1.807) is 24.4 Å². The molecule has 3 aliphatic heterocycles. The van der Waals surface area contributed by atoms with Crippen molar-refractivity contribution in [2.24, 2.45) is 0 Å². The van der Waals surface area contributed by atoms with Crippen LogP contribution in [0.1, 0.15) is 28.8 Å². The number of anilines is 4. The summed E-state index contributed by atoms with van der Waals surface area (Å²) in [5.74, 6) is 1.29. The first kappa shape index (κ1) is 21.8. The monoisotopic (exact) mass is 486 g/mol. The van der Waals surface area contributed by atoms with Gasteiger partial charge in [-0.25, -0.2) is 4.98 Å². The van der Waals surface area contributed by atoms with Crippen molar-refractivity contribution in [1.82, 2.24) is 20.2 Å². The van der Waals surface area contributed by atoms with Crippen molar-refractivity contribution in [3.63, 3.8) is 0 Å². The highest BCUT2D eigenvalue weighted by molar-refractivity contribution is 6.06. The van der Waals surface area contributed by atoms with E-state index in [1.165, 1.54) is 4.90 Å². The molecule has 1 atom stereocenters. The predicted molar refractivity (Wildman–Crippen MR) is 129 cm³/mol. The molecule has 1 unspecified atom stereocenters. The molecule has 182 valence electrons. The van der Waals surface area contributed by atoms with Crippen molar-refractivity contribution in [3.8, 4) is 11.5 Å². The first-order chi connectivity index (χ1) is 17.5. The molecular formula is C25H22N6O5. The van der Waals surface area contributed by atoms with Gasteiger partial charge in [-0.15, -0.1) is 0 Å². The Hall–Kier alpha value is -4.67. The van der Waals surface area contributed by atoms with Gasteiger partial charge in [-0.3, -0.25) is 19.7 Å². The molecule has 1 fully saturated rings. The number of carbonyl (C=O) groups is 3. The molecule has 0 saturated carbocycles. The minimum atomic E-state index is -0.670. The van der Waals surface area contributed by atoms with Gasteiger partial charge in [-0.1, -0.05) is 6.07 Å². The minimum absolute atomic E-state index is 0.210. The number of nitrogens with zero attached hydrogens (tertiary/aromatic N) is 3. The van der Waals surface area contributed by atoms with E-state index in [0.29, 0.717) is 54.2 Å². The molecule has 0 radical (unpaired) electrons. The highest BCUT2D eigenvalue weighted by atomic mass is 16.6. The van der Waals surface area contributed by atoms with Crippen LogP contribution in [-0.4, -0.2) is 51.8 Å². The Labute approximate surface area is 205 Å². The Balaban J connectivity index is 1.20. The number of rotatable bonds is 5. The molecule has 36 heavy (non-hydrogen) atoms. The molecule has 11 nitrogen and oxygen atoms in total. The molecule has 3 aliphatic rings. The average molecular weight is 486 g/mol. The summed E-state index contributed by atoms with van der Waals surface area (Å²) in [6, 6.07) is 12.0. The molecule has 3 aromatic rings. The lowest BCUT2D eigenvalue weighted by molar-refractivity contribution is -0.136. The number of piperidine rings is 1. The molecule has 3 N–H and O–H groups in total. The van der Waals surface area contributed by atoms with Crippen LogP contribution in [0.25, 0.3) is 0 Å². The average Bonchev–Trinajstić information content (AvgIpc) is 3.21. The maximum absolute atomic E-state index is 13.1. The van der Waals surface area contributed by atoms with Crippen molar-refractivity contribution in [1.29, 1.82) is 0 Å². The van der Waals surface area contributed by atoms with E-state index >= 15 is 0 Å². The van der Waals surface area contributed by atoms with Gasteiger partial charge in [-0.05, 0) is 36.8 Å². The summed E-state index contributed by atoms with van der Waals surface area (Å²) in [6.07, 6.45) is 2.15. The van der Waals surface area contributed by atoms with Crippen LogP contribution in [0.4, 0.5) is 23.1 Å². The van der Waals surface area contributed by atoms with E-state index in [9.17, 15) is 14.4 Å². The van der Waals surface area contributed by atoms with Gasteiger partial charge < -0.3 is 25.0 Å². The molecule has 0 spiro atoms. The van der Waals surface area contributed by atoms with E-state index in [0.717, 1.165) is 11.3 Å². The largest absolute Gasteiger partial charge is 0.486 e. The number of carbonyl (C=O) groups excluding carboxylic acids is 3. The van der Waals surface area contributed by atoms with Crippen molar-refractivity contribution < 1.29 is 23.9 Å². The molecular weight excluding hydrogens is 464 g/mol. The first-order valence-electron chi connectivity index (χ1n) is 11.6. The summed E-state index contributed by atoms with van der Waals surface area (Å²) in [6.45, 7) is 1.28. The fourth-order valence-corrected chi connectivity index (χ4v) is 4.58. The summed E-state index contributed by atoms with van der Waals surface area (Å²) in [7, 11) is 0. The fourth-order valence-electron chi connectivity index (χ4n) is 4.58. The third-order valence-electron chi connectivity index (χ3n) is 6.30. The quantitative estimate of drug-likeness (QED) is 0.465. The fraction of sp³-hybridized carbons (Fsp3) is 0.240. The zero-order chi connectivity index (χ0) is 24.6. The molecule has 1 aromatic heterocycles. The standard InChI is InChI=1S/C25H22N6O5/c32-22-7-5-18(23(33)30-22)31-13-16-15(24(31)34)2-1-3-17(16)28-21-8-9-26-25(29-21)27-14-4-6-19-20(12-14)36-11-10-35-19/h1-4,6,8-9,12,18H,5,7,10-11,13H2,(H,30,32,33)(H2,26,27,28,29). The number of amides is 3. The van der Waals surface area contributed by atoms with Gasteiger partial charge in [-0.2, -0.15) is 4.98 Å². The van der Waals surface area contributed by atoms with E-state index in [2.05, 4.69) is 25.9 Å². The lowest BCUT2D eigenvalue weighted by atomic mass is 10.0. The zero-order valence-corrected chi connectivity index (χ0v) is 19.1. The van der Waals surface area contributed by atoms with Gasteiger partial charge in [0.25, 0.3) is 5.91 Å². The topological polar surface area (TPSA) is 135 Å².